The van der Waals surface area contributed by atoms with Gasteiger partial charge in [0.1, 0.15) is 5.75 Å². The Hall–Kier alpha value is -0.970. The van der Waals surface area contributed by atoms with Gasteiger partial charge in [-0.1, -0.05) is 11.6 Å². The van der Waals surface area contributed by atoms with Gasteiger partial charge < -0.3 is 15.4 Å². The quantitative estimate of drug-likeness (QED) is 0.896. The van der Waals surface area contributed by atoms with Gasteiger partial charge in [0.2, 0.25) is 5.91 Å². The predicted molar refractivity (Wildman–Crippen MR) is 84.1 cm³/mol. The summed E-state index contributed by atoms with van der Waals surface area (Å²) in [6.07, 6.45) is 2.71. The highest BCUT2D eigenvalue weighted by molar-refractivity contribution is 6.32. The van der Waals surface area contributed by atoms with E-state index in [1.165, 1.54) is 0 Å². The van der Waals surface area contributed by atoms with Gasteiger partial charge in [-0.15, -0.1) is 12.4 Å². The van der Waals surface area contributed by atoms with Crippen LogP contribution >= 0.6 is 24.0 Å². The number of piperidine rings is 1. The Bertz CT molecular complexity index is 449. The zero-order valence-electron chi connectivity index (χ0n) is 11.4. The van der Waals surface area contributed by atoms with E-state index in [1.807, 2.05) is 0 Å². The van der Waals surface area contributed by atoms with Gasteiger partial charge in [-0.3, -0.25) is 4.79 Å². The van der Waals surface area contributed by atoms with Crippen LogP contribution in [0, 0.1) is 5.92 Å². The van der Waals surface area contributed by atoms with Crippen molar-refractivity contribution in [3.63, 3.8) is 0 Å². The first-order valence-corrected chi connectivity index (χ1v) is 6.91. The van der Waals surface area contributed by atoms with Crippen LogP contribution in [0.4, 0.5) is 5.69 Å². The van der Waals surface area contributed by atoms with Crippen LogP contribution in [0.2, 0.25) is 5.02 Å². The first-order valence-electron chi connectivity index (χ1n) is 6.53. The minimum Gasteiger partial charge on any atom is -0.495 e. The van der Waals surface area contributed by atoms with Crippen LogP contribution in [0.3, 0.4) is 0 Å². The fraction of sp³-hybridized carbons (Fsp3) is 0.500. The third kappa shape index (κ3) is 4.85. The van der Waals surface area contributed by atoms with Crippen LogP contribution in [0.5, 0.6) is 5.75 Å². The van der Waals surface area contributed by atoms with Crippen molar-refractivity contribution in [1.82, 2.24) is 5.32 Å². The minimum absolute atomic E-state index is 0. The van der Waals surface area contributed by atoms with Crippen molar-refractivity contribution in [2.75, 3.05) is 25.5 Å². The third-order valence-corrected chi connectivity index (χ3v) is 3.66. The molecule has 0 atom stereocenters. The van der Waals surface area contributed by atoms with Gasteiger partial charge in [0, 0.05) is 12.1 Å². The number of amides is 1. The highest BCUT2D eigenvalue weighted by Gasteiger charge is 2.16. The molecule has 1 aromatic carbocycles. The molecule has 2 rings (SSSR count). The zero-order chi connectivity index (χ0) is 13.7. The van der Waals surface area contributed by atoms with Gasteiger partial charge in [0.15, 0.2) is 0 Å². The van der Waals surface area contributed by atoms with E-state index in [-0.39, 0.29) is 18.3 Å². The van der Waals surface area contributed by atoms with E-state index in [4.69, 9.17) is 16.3 Å². The Morgan fingerprint density at radius 2 is 2.15 bits per heavy atom. The van der Waals surface area contributed by atoms with Crippen LogP contribution in [0.25, 0.3) is 0 Å². The molecule has 0 bridgehead atoms. The first kappa shape index (κ1) is 17.1. The van der Waals surface area contributed by atoms with Gasteiger partial charge in [-0.05, 0) is 50.0 Å². The van der Waals surface area contributed by atoms with Gasteiger partial charge in [0.25, 0.3) is 0 Å². The number of anilines is 1. The number of carbonyl (C=O) groups excluding carboxylic acids is 1. The minimum atomic E-state index is 0. The summed E-state index contributed by atoms with van der Waals surface area (Å²) in [5.74, 6) is 1.14. The summed E-state index contributed by atoms with van der Waals surface area (Å²) < 4.78 is 5.07. The number of hydrogen-bond donors (Lipinski definition) is 2. The number of nitrogens with one attached hydrogen (secondary N) is 2. The molecule has 0 unspecified atom stereocenters. The summed E-state index contributed by atoms with van der Waals surface area (Å²) in [5, 5.41) is 6.68. The second-order valence-corrected chi connectivity index (χ2v) is 5.20. The van der Waals surface area contributed by atoms with E-state index in [9.17, 15) is 4.79 Å². The van der Waals surface area contributed by atoms with E-state index in [0.29, 0.717) is 28.8 Å². The lowest BCUT2D eigenvalue weighted by atomic mass is 9.94. The first-order chi connectivity index (χ1) is 9.19. The van der Waals surface area contributed by atoms with E-state index in [2.05, 4.69) is 10.6 Å². The Kier molecular flexibility index (Phi) is 7.13. The standard InChI is InChI=1S/C14H19ClN2O2.ClH/c1-19-13-3-2-11(9-12(13)15)17-14(18)8-10-4-6-16-7-5-10;/h2-3,9-10,16H,4-8H2,1H3,(H,17,18);1H. The van der Waals surface area contributed by atoms with E-state index in [1.54, 1.807) is 25.3 Å². The maximum absolute atomic E-state index is 11.9. The summed E-state index contributed by atoms with van der Waals surface area (Å²) in [4.78, 5) is 11.9. The van der Waals surface area contributed by atoms with E-state index >= 15 is 0 Å². The maximum atomic E-state index is 11.9. The van der Waals surface area contributed by atoms with Crippen molar-refractivity contribution in [2.24, 2.45) is 5.92 Å². The molecule has 1 aromatic rings. The fourth-order valence-corrected chi connectivity index (χ4v) is 2.56. The molecule has 20 heavy (non-hydrogen) atoms. The topological polar surface area (TPSA) is 50.4 Å². The molecule has 2 N–H and O–H groups in total. The second kappa shape index (κ2) is 8.35. The van der Waals surface area contributed by atoms with Crippen molar-refractivity contribution in [3.05, 3.63) is 23.2 Å². The number of methoxy groups -OCH3 is 1. The monoisotopic (exact) mass is 318 g/mol. The number of rotatable bonds is 4. The van der Waals surface area contributed by atoms with E-state index < -0.39 is 0 Å². The summed E-state index contributed by atoms with van der Waals surface area (Å²) in [7, 11) is 1.57. The Labute approximate surface area is 130 Å². The van der Waals surface area contributed by atoms with Crippen LogP contribution in [-0.2, 0) is 4.79 Å². The van der Waals surface area contributed by atoms with Gasteiger partial charge >= 0.3 is 0 Å². The third-order valence-electron chi connectivity index (χ3n) is 3.37. The lowest BCUT2D eigenvalue weighted by molar-refractivity contribution is -0.117. The molecule has 1 amide bonds. The highest BCUT2D eigenvalue weighted by atomic mass is 35.5. The number of hydrogen-bond acceptors (Lipinski definition) is 3. The molecule has 0 aromatic heterocycles. The molecule has 112 valence electrons. The Morgan fingerprint density at radius 1 is 1.45 bits per heavy atom. The summed E-state index contributed by atoms with van der Waals surface area (Å²) in [5.41, 5.74) is 0.713. The maximum Gasteiger partial charge on any atom is 0.224 e. The zero-order valence-corrected chi connectivity index (χ0v) is 13.0. The molecule has 0 spiro atoms. The van der Waals surface area contributed by atoms with Gasteiger partial charge in [-0.2, -0.15) is 0 Å². The number of carbonyl (C=O) groups is 1. The van der Waals surface area contributed by atoms with Crippen LogP contribution in [0.15, 0.2) is 18.2 Å². The summed E-state index contributed by atoms with van der Waals surface area (Å²) in [6.45, 7) is 2.01. The SMILES string of the molecule is COc1ccc(NC(=O)CC2CCNCC2)cc1Cl.Cl. The molecular formula is C14H20Cl2N2O2. The highest BCUT2D eigenvalue weighted by Crippen LogP contribution is 2.27. The molecule has 1 aliphatic rings. The van der Waals surface area contributed by atoms with Crippen LogP contribution in [0.1, 0.15) is 19.3 Å². The lowest BCUT2D eigenvalue weighted by Gasteiger charge is -2.21. The smallest absolute Gasteiger partial charge is 0.224 e. The van der Waals surface area contributed by atoms with Crippen molar-refractivity contribution < 1.29 is 9.53 Å². The van der Waals surface area contributed by atoms with Gasteiger partial charge in [0.05, 0.1) is 12.1 Å². The number of benzene rings is 1. The predicted octanol–water partition coefficient (Wildman–Crippen LogP) is 3.10. The number of ether oxygens (including phenoxy) is 1. The average Bonchev–Trinajstić information content (AvgIpc) is 2.40. The molecule has 1 aliphatic heterocycles. The van der Waals surface area contributed by atoms with Crippen molar-refractivity contribution >= 4 is 35.6 Å². The molecule has 0 aliphatic carbocycles. The van der Waals surface area contributed by atoms with Crippen molar-refractivity contribution in [1.29, 1.82) is 0 Å². The molecule has 6 heteroatoms. The molecule has 1 saturated heterocycles. The largest absolute Gasteiger partial charge is 0.495 e. The molecule has 1 heterocycles. The van der Waals surface area contributed by atoms with Gasteiger partial charge in [-0.25, -0.2) is 0 Å². The molecule has 0 saturated carbocycles. The summed E-state index contributed by atoms with van der Waals surface area (Å²) in [6, 6.07) is 5.26. The van der Waals surface area contributed by atoms with Crippen molar-refractivity contribution in [3.8, 4) is 5.75 Å². The number of halogens is 2. The molecule has 1 fully saturated rings. The van der Waals surface area contributed by atoms with Crippen molar-refractivity contribution in [2.45, 2.75) is 19.3 Å². The van der Waals surface area contributed by atoms with Crippen LogP contribution in [-0.4, -0.2) is 26.1 Å². The summed E-state index contributed by atoms with van der Waals surface area (Å²) >= 11 is 6.02. The normalized spacial score (nSPS) is 15.3. The second-order valence-electron chi connectivity index (χ2n) is 4.80. The lowest BCUT2D eigenvalue weighted by Crippen LogP contribution is -2.30. The van der Waals surface area contributed by atoms with E-state index in [0.717, 1.165) is 25.9 Å². The molecular weight excluding hydrogens is 299 g/mol. The average molecular weight is 319 g/mol. The fourth-order valence-electron chi connectivity index (χ4n) is 2.30. The Morgan fingerprint density at radius 3 is 2.75 bits per heavy atom. The Balaban J connectivity index is 0.00000200. The molecule has 4 nitrogen and oxygen atoms in total. The van der Waals surface area contributed by atoms with Crippen LogP contribution < -0.4 is 15.4 Å². The molecule has 0 radical (unpaired) electrons.